The van der Waals surface area contributed by atoms with Crippen molar-refractivity contribution in [2.75, 3.05) is 17.7 Å². The number of aliphatic hydroxyl groups is 1. The highest BCUT2D eigenvalue weighted by molar-refractivity contribution is 5.98. The second kappa shape index (κ2) is 7.25. The SMILES string of the molecule is N#C[C@H]1C[C@@H]1C(=O)Nc1cc2cc(-c3ccccc3CCO)nc(N)c2cn1. The molecule has 1 aliphatic carbocycles. The molecule has 1 saturated carbocycles. The molecule has 2 aromatic heterocycles. The van der Waals surface area contributed by atoms with Gasteiger partial charge in [0.25, 0.3) is 0 Å². The number of nitrogens with one attached hydrogen (secondary N) is 1. The van der Waals surface area contributed by atoms with Gasteiger partial charge in [0.1, 0.15) is 11.6 Å². The number of benzene rings is 1. The molecule has 3 aromatic rings. The van der Waals surface area contributed by atoms with Gasteiger partial charge in [0, 0.05) is 23.8 Å². The van der Waals surface area contributed by atoms with E-state index in [1.54, 1.807) is 12.3 Å². The Bertz CT molecular complexity index is 1110. The number of hydrogen-bond acceptors (Lipinski definition) is 6. The number of anilines is 2. The fourth-order valence-corrected chi connectivity index (χ4v) is 3.34. The number of aromatic nitrogens is 2. The van der Waals surface area contributed by atoms with Gasteiger partial charge in [0.05, 0.1) is 23.6 Å². The summed E-state index contributed by atoms with van der Waals surface area (Å²) in [6.45, 7) is 0.0467. The van der Waals surface area contributed by atoms with Crippen LogP contribution in [0.3, 0.4) is 0 Å². The van der Waals surface area contributed by atoms with Crippen molar-refractivity contribution in [3.63, 3.8) is 0 Å². The number of fused-ring (bicyclic) bond motifs is 1. The molecular formula is C21H19N5O2. The van der Waals surface area contributed by atoms with E-state index in [2.05, 4.69) is 21.4 Å². The summed E-state index contributed by atoms with van der Waals surface area (Å²) >= 11 is 0. The molecule has 2 atom stereocenters. The van der Waals surface area contributed by atoms with Crippen LogP contribution in [0.2, 0.25) is 0 Å². The summed E-state index contributed by atoms with van der Waals surface area (Å²) in [7, 11) is 0. The first-order valence-electron chi connectivity index (χ1n) is 9.06. The maximum atomic E-state index is 12.2. The van der Waals surface area contributed by atoms with Crippen molar-refractivity contribution in [2.24, 2.45) is 11.8 Å². The second-order valence-corrected chi connectivity index (χ2v) is 6.88. The van der Waals surface area contributed by atoms with Crippen molar-refractivity contribution in [1.82, 2.24) is 9.97 Å². The van der Waals surface area contributed by atoms with Crippen molar-refractivity contribution in [3.05, 3.63) is 48.2 Å². The van der Waals surface area contributed by atoms with Gasteiger partial charge in [0.2, 0.25) is 5.91 Å². The lowest BCUT2D eigenvalue weighted by Crippen LogP contribution is -2.15. The van der Waals surface area contributed by atoms with Crippen molar-refractivity contribution in [2.45, 2.75) is 12.8 Å². The quantitative estimate of drug-likeness (QED) is 0.631. The van der Waals surface area contributed by atoms with E-state index in [0.717, 1.165) is 16.5 Å². The average molecular weight is 373 g/mol. The Kier molecular flexibility index (Phi) is 4.63. The molecule has 1 amide bonds. The van der Waals surface area contributed by atoms with Gasteiger partial charge in [-0.3, -0.25) is 4.79 Å². The summed E-state index contributed by atoms with van der Waals surface area (Å²) in [6, 6.07) is 13.5. The Morgan fingerprint density at radius 3 is 2.93 bits per heavy atom. The minimum absolute atomic E-state index is 0.0467. The highest BCUT2D eigenvalue weighted by Crippen LogP contribution is 2.38. The van der Waals surface area contributed by atoms with Gasteiger partial charge in [-0.1, -0.05) is 24.3 Å². The second-order valence-electron chi connectivity index (χ2n) is 6.88. The molecule has 140 valence electrons. The highest BCUT2D eigenvalue weighted by atomic mass is 16.3. The summed E-state index contributed by atoms with van der Waals surface area (Å²) < 4.78 is 0. The van der Waals surface area contributed by atoms with Crippen LogP contribution < -0.4 is 11.1 Å². The lowest BCUT2D eigenvalue weighted by molar-refractivity contribution is -0.117. The van der Waals surface area contributed by atoms with E-state index in [-0.39, 0.29) is 24.3 Å². The number of nitrogens with zero attached hydrogens (tertiary/aromatic N) is 3. The fraction of sp³-hybridized carbons (Fsp3) is 0.238. The standard InChI is InChI=1S/C21H19N5O2/c22-10-14-7-16(14)21(28)26-19-9-13-8-18(25-20(23)17(13)11-24-19)15-4-2-1-3-12(15)5-6-27/h1-4,8-9,11,14,16,27H,5-7H2,(H2,23,25)(H,24,26,28)/t14-,16+/m1/s1. The fourth-order valence-electron chi connectivity index (χ4n) is 3.34. The largest absolute Gasteiger partial charge is 0.396 e. The molecule has 0 bridgehead atoms. The van der Waals surface area contributed by atoms with Crippen LogP contribution in [0.25, 0.3) is 22.0 Å². The Labute approximate surface area is 161 Å². The Morgan fingerprint density at radius 1 is 1.36 bits per heavy atom. The predicted molar refractivity (Wildman–Crippen MR) is 106 cm³/mol. The molecule has 28 heavy (non-hydrogen) atoms. The smallest absolute Gasteiger partial charge is 0.230 e. The van der Waals surface area contributed by atoms with Gasteiger partial charge in [0.15, 0.2) is 0 Å². The Hall–Kier alpha value is -3.50. The number of carbonyl (C=O) groups is 1. The van der Waals surface area contributed by atoms with E-state index in [0.29, 0.717) is 35.6 Å². The molecule has 0 saturated heterocycles. The van der Waals surface area contributed by atoms with Gasteiger partial charge in [-0.25, -0.2) is 9.97 Å². The molecule has 1 fully saturated rings. The number of nitrogens with two attached hydrogens (primary N) is 1. The summed E-state index contributed by atoms with van der Waals surface area (Å²) in [4.78, 5) is 20.9. The van der Waals surface area contributed by atoms with Crippen LogP contribution in [0.4, 0.5) is 11.6 Å². The zero-order valence-electron chi connectivity index (χ0n) is 15.1. The summed E-state index contributed by atoms with van der Waals surface area (Å²) in [5.41, 5.74) is 8.73. The monoisotopic (exact) mass is 373 g/mol. The molecule has 2 heterocycles. The minimum Gasteiger partial charge on any atom is -0.396 e. The maximum absolute atomic E-state index is 12.2. The number of pyridine rings is 2. The third-order valence-electron chi connectivity index (χ3n) is 4.96. The van der Waals surface area contributed by atoms with Gasteiger partial charge in [-0.2, -0.15) is 5.26 Å². The van der Waals surface area contributed by atoms with E-state index in [9.17, 15) is 9.90 Å². The van der Waals surface area contributed by atoms with Crippen molar-refractivity contribution in [1.29, 1.82) is 5.26 Å². The van der Waals surface area contributed by atoms with Crippen molar-refractivity contribution < 1.29 is 9.90 Å². The number of nitrogen functional groups attached to an aromatic ring is 1. The Balaban J connectivity index is 1.69. The molecule has 0 spiro atoms. The first-order valence-corrected chi connectivity index (χ1v) is 9.06. The third kappa shape index (κ3) is 3.38. The zero-order chi connectivity index (χ0) is 19.7. The molecular weight excluding hydrogens is 354 g/mol. The molecule has 7 nitrogen and oxygen atoms in total. The number of carbonyl (C=O) groups excluding carboxylic acids is 1. The molecule has 0 aliphatic heterocycles. The minimum atomic E-state index is -0.258. The van der Waals surface area contributed by atoms with Gasteiger partial charge < -0.3 is 16.2 Å². The molecule has 0 radical (unpaired) electrons. The van der Waals surface area contributed by atoms with E-state index in [1.807, 2.05) is 30.3 Å². The lowest BCUT2D eigenvalue weighted by atomic mass is 10.0. The number of nitriles is 1. The van der Waals surface area contributed by atoms with Crippen LogP contribution >= 0.6 is 0 Å². The maximum Gasteiger partial charge on any atom is 0.230 e. The van der Waals surface area contributed by atoms with Crippen LogP contribution in [-0.4, -0.2) is 27.6 Å². The number of amides is 1. The molecule has 4 N–H and O–H groups in total. The lowest BCUT2D eigenvalue weighted by Gasteiger charge is -2.11. The van der Waals surface area contributed by atoms with E-state index >= 15 is 0 Å². The van der Waals surface area contributed by atoms with Crippen molar-refractivity contribution in [3.8, 4) is 17.3 Å². The van der Waals surface area contributed by atoms with E-state index < -0.39 is 0 Å². The summed E-state index contributed by atoms with van der Waals surface area (Å²) in [5, 5.41) is 22.5. The van der Waals surface area contributed by atoms with Crippen LogP contribution in [-0.2, 0) is 11.2 Å². The van der Waals surface area contributed by atoms with E-state index in [1.165, 1.54) is 0 Å². The molecule has 0 unspecified atom stereocenters. The first kappa shape index (κ1) is 17.9. The Morgan fingerprint density at radius 2 is 2.18 bits per heavy atom. The summed E-state index contributed by atoms with van der Waals surface area (Å²) in [5.74, 6) is 0.125. The summed E-state index contributed by atoms with van der Waals surface area (Å²) in [6.07, 6.45) is 2.71. The predicted octanol–water partition coefficient (Wildman–Crippen LogP) is 2.51. The number of aliphatic hydroxyl groups excluding tert-OH is 1. The van der Waals surface area contributed by atoms with Crippen LogP contribution in [0.5, 0.6) is 0 Å². The zero-order valence-corrected chi connectivity index (χ0v) is 15.1. The highest BCUT2D eigenvalue weighted by Gasteiger charge is 2.43. The van der Waals surface area contributed by atoms with Crippen LogP contribution in [0.15, 0.2) is 42.6 Å². The van der Waals surface area contributed by atoms with Gasteiger partial charge >= 0.3 is 0 Å². The number of rotatable bonds is 5. The van der Waals surface area contributed by atoms with Gasteiger partial charge in [-0.15, -0.1) is 0 Å². The molecule has 7 heteroatoms. The normalized spacial score (nSPS) is 17.9. The number of hydrogen-bond donors (Lipinski definition) is 3. The third-order valence-corrected chi connectivity index (χ3v) is 4.96. The van der Waals surface area contributed by atoms with E-state index in [4.69, 9.17) is 11.0 Å². The van der Waals surface area contributed by atoms with Gasteiger partial charge in [-0.05, 0) is 35.9 Å². The van der Waals surface area contributed by atoms with Crippen LogP contribution in [0.1, 0.15) is 12.0 Å². The average Bonchev–Trinajstić information content (AvgIpc) is 3.48. The molecule has 1 aromatic carbocycles. The molecule has 1 aliphatic rings. The van der Waals surface area contributed by atoms with Crippen molar-refractivity contribution >= 4 is 28.3 Å². The van der Waals surface area contributed by atoms with Crippen LogP contribution in [0, 0.1) is 23.2 Å². The topological polar surface area (TPSA) is 125 Å². The molecule has 4 rings (SSSR count). The first-order chi connectivity index (χ1) is 13.6.